The second-order valence-corrected chi connectivity index (χ2v) is 9.27. The molecule has 0 bridgehead atoms. The molecule has 0 fully saturated rings. The molecule has 3 aromatic rings. The minimum absolute atomic E-state index is 0.0124. The number of benzene rings is 2. The number of hydrogen-bond donors (Lipinski definition) is 3. The van der Waals surface area contributed by atoms with E-state index in [1.807, 2.05) is 0 Å². The zero-order valence-corrected chi connectivity index (χ0v) is 18.0. The van der Waals surface area contributed by atoms with Crippen molar-refractivity contribution < 1.29 is 27.9 Å². The molecule has 162 valence electrons. The zero-order chi connectivity index (χ0) is 22.5. The van der Waals surface area contributed by atoms with Crippen LogP contribution in [0.3, 0.4) is 0 Å². The lowest BCUT2D eigenvalue weighted by atomic mass is 10.00. The highest BCUT2D eigenvalue weighted by Crippen LogP contribution is 2.40. The molecule has 0 atom stereocenters. The summed E-state index contributed by atoms with van der Waals surface area (Å²) in [6.07, 6.45) is 0.382. The van der Waals surface area contributed by atoms with Crippen molar-refractivity contribution in [2.45, 2.75) is 17.9 Å². The minimum atomic E-state index is -4.10. The van der Waals surface area contributed by atoms with E-state index in [2.05, 4.69) is 5.16 Å². The Morgan fingerprint density at radius 2 is 1.87 bits per heavy atom. The van der Waals surface area contributed by atoms with Crippen LogP contribution in [0.2, 0.25) is 10.0 Å². The lowest BCUT2D eigenvalue weighted by Crippen LogP contribution is -2.36. The van der Waals surface area contributed by atoms with Gasteiger partial charge in [-0.1, -0.05) is 28.4 Å². The normalized spacial score (nSPS) is 13.8. The van der Waals surface area contributed by atoms with E-state index in [9.17, 15) is 23.4 Å². The third-order valence-corrected chi connectivity index (χ3v) is 6.61. The minimum Gasteiger partial charge on any atom is -0.507 e. The van der Waals surface area contributed by atoms with E-state index in [0.29, 0.717) is 24.2 Å². The van der Waals surface area contributed by atoms with Gasteiger partial charge in [-0.15, -0.1) is 0 Å². The number of sulfonamides is 1. The fourth-order valence-electron chi connectivity index (χ4n) is 3.37. The Hall–Kier alpha value is -2.79. The van der Waals surface area contributed by atoms with Gasteiger partial charge in [0, 0.05) is 30.2 Å². The van der Waals surface area contributed by atoms with Crippen LogP contribution >= 0.6 is 23.2 Å². The van der Waals surface area contributed by atoms with Crippen molar-refractivity contribution >= 4 is 39.1 Å². The molecule has 1 aliphatic heterocycles. The molecule has 12 heteroatoms. The predicted molar refractivity (Wildman–Crippen MR) is 112 cm³/mol. The standard InChI is InChI=1S/C19H15Cl2N3O6S/c20-12-2-1-9(5-17(12)31(22,28)29)19(27)24-4-3-14-11(8-24)18(30-23-14)10-6-13(21)16(26)7-15(10)25/h1-2,5-7,25-26H,3-4,8H2,(H2,22,28,29). The van der Waals surface area contributed by atoms with E-state index in [1.54, 1.807) is 0 Å². The Labute approximate surface area is 186 Å². The number of aromatic nitrogens is 1. The number of fused-ring (bicyclic) bond motifs is 1. The summed E-state index contributed by atoms with van der Waals surface area (Å²) < 4.78 is 28.8. The van der Waals surface area contributed by atoms with E-state index in [0.717, 1.165) is 12.1 Å². The molecule has 0 aliphatic carbocycles. The number of aromatic hydroxyl groups is 2. The molecule has 9 nitrogen and oxygen atoms in total. The third-order valence-electron chi connectivity index (χ3n) is 4.92. The summed E-state index contributed by atoms with van der Waals surface area (Å²) in [4.78, 5) is 14.2. The average Bonchev–Trinajstić information content (AvgIpc) is 3.12. The van der Waals surface area contributed by atoms with Gasteiger partial charge in [-0.05, 0) is 24.3 Å². The Bertz CT molecular complexity index is 1320. The van der Waals surface area contributed by atoms with Gasteiger partial charge in [0.2, 0.25) is 10.0 Å². The maximum Gasteiger partial charge on any atom is 0.254 e. The number of phenols is 2. The van der Waals surface area contributed by atoms with Gasteiger partial charge in [-0.2, -0.15) is 0 Å². The van der Waals surface area contributed by atoms with Crippen LogP contribution in [-0.4, -0.2) is 41.1 Å². The van der Waals surface area contributed by atoms with Gasteiger partial charge in [0.1, 0.15) is 16.4 Å². The Kier molecular flexibility index (Phi) is 5.34. The molecule has 1 aromatic heterocycles. The smallest absolute Gasteiger partial charge is 0.254 e. The fraction of sp³-hybridized carbons (Fsp3) is 0.158. The van der Waals surface area contributed by atoms with Crippen LogP contribution in [0.1, 0.15) is 21.6 Å². The van der Waals surface area contributed by atoms with Crippen molar-refractivity contribution in [1.29, 1.82) is 0 Å². The number of phenolic OH excluding ortho intramolecular Hbond substituents is 2. The van der Waals surface area contributed by atoms with Gasteiger partial charge < -0.3 is 19.6 Å². The van der Waals surface area contributed by atoms with Crippen molar-refractivity contribution in [3.05, 3.63) is 57.2 Å². The zero-order valence-electron chi connectivity index (χ0n) is 15.7. The second-order valence-electron chi connectivity index (χ2n) is 6.92. The van der Waals surface area contributed by atoms with Crippen LogP contribution < -0.4 is 5.14 Å². The number of carbonyl (C=O) groups is 1. The van der Waals surface area contributed by atoms with E-state index >= 15 is 0 Å². The van der Waals surface area contributed by atoms with Crippen molar-refractivity contribution in [3.63, 3.8) is 0 Å². The number of nitrogens with two attached hydrogens (primary N) is 1. The van der Waals surface area contributed by atoms with E-state index in [1.165, 1.54) is 23.1 Å². The first kappa shape index (κ1) is 21.4. The van der Waals surface area contributed by atoms with Crippen LogP contribution in [0.25, 0.3) is 11.3 Å². The molecule has 31 heavy (non-hydrogen) atoms. The molecule has 2 aromatic carbocycles. The highest BCUT2D eigenvalue weighted by atomic mass is 35.5. The first-order valence-corrected chi connectivity index (χ1v) is 11.2. The Balaban J connectivity index is 1.68. The number of halogens is 2. The van der Waals surface area contributed by atoms with Gasteiger partial charge in [0.25, 0.3) is 5.91 Å². The SMILES string of the molecule is NS(=O)(=O)c1cc(C(=O)N2CCc3noc(-c4cc(Cl)c(O)cc4O)c3C2)ccc1Cl. The maximum absolute atomic E-state index is 13.0. The topological polar surface area (TPSA) is 147 Å². The molecule has 0 saturated carbocycles. The first-order valence-electron chi connectivity index (χ1n) is 8.87. The highest BCUT2D eigenvalue weighted by Gasteiger charge is 2.30. The largest absolute Gasteiger partial charge is 0.507 e. The molecule has 1 amide bonds. The second kappa shape index (κ2) is 7.72. The Morgan fingerprint density at radius 3 is 2.58 bits per heavy atom. The van der Waals surface area contributed by atoms with Crippen LogP contribution in [0.15, 0.2) is 39.8 Å². The molecule has 0 saturated heterocycles. The van der Waals surface area contributed by atoms with Gasteiger partial charge >= 0.3 is 0 Å². The number of amides is 1. The van der Waals surface area contributed by atoms with Crippen LogP contribution in [0.4, 0.5) is 0 Å². The highest BCUT2D eigenvalue weighted by molar-refractivity contribution is 7.89. The quantitative estimate of drug-likeness (QED) is 0.518. The van der Waals surface area contributed by atoms with Gasteiger partial charge in [-0.3, -0.25) is 4.79 Å². The number of primary sulfonamides is 1. The van der Waals surface area contributed by atoms with Gasteiger partial charge in [-0.25, -0.2) is 13.6 Å². The molecule has 0 radical (unpaired) electrons. The van der Waals surface area contributed by atoms with E-state index in [4.69, 9.17) is 32.9 Å². The average molecular weight is 484 g/mol. The molecule has 1 aliphatic rings. The summed E-state index contributed by atoms with van der Waals surface area (Å²) >= 11 is 11.8. The third kappa shape index (κ3) is 3.94. The van der Waals surface area contributed by atoms with E-state index < -0.39 is 15.9 Å². The van der Waals surface area contributed by atoms with Crippen molar-refractivity contribution in [3.8, 4) is 22.8 Å². The molecular formula is C19H15Cl2N3O6S. The van der Waals surface area contributed by atoms with Crippen molar-refractivity contribution in [2.75, 3.05) is 6.54 Å². The van der Waals surface area contributed by atoms with Gasteiger partial charge in [0.15, 0.2) is 5.76 Å². The van der Waals surface area contributed by atoms with Crippen molar-refractivity contribution in [1.82, 2.24) is 10.1 Å². The summed E-state index contributed by atoms with van der Waals surface area (Å²) in [6, 6.07) is 6.27. The van der Waals surface area contributed by atoms with Crippen LogP contribution in [-0.2, 0) is 23.0 Å². The lowest BCUT2D eigenvalue weighted by molar-refractivity contribution is 0.0734. The fourth-order valence-corrected chi connectivity index (χ4v) is 4.60. The number of hydrogen-bond acceptors (Lipinski definition) is 7. The first-order chi connectivity index (χ1) is 14.6. The predicted octanol–water partition coefficient (Wildman–Crippen LogP) is 2.91. The maximum atomic E-state index is 13.0. The van der Waals surface area contributed by atoms with Gasteiger partial charge in [0.05, 0.1) is 27.8 Å². The van der Waals surface area contributed by atoms with Crippen molar-refractivity contribution in [2.24, 2.45) is 5.14 Å². The monoisotopic (exact) mass is 483 g/mol. The summed E-state index contributed by atoms with van der Waals surface area (Å²) in [5.41, 5.74) is 1.50. The number of carbonyl (C=O) groups excluding carboxylic acids is 1. The molecule has 2 heterocycles. The molecule has 4 rings (SSSR count). The summed E-state index contributed by atoms with van der Waals surface area (Å²) in [5.74, 6) is -0.776. The molecule has 0 spiro atoms. The summed E-state index contributed by atoms with van der Waals surface area (Å²) in [7, 11) is -4.10. The Morgan fingerprint density at radius 1 is 1.13 bits per heavy atom. The van der Waals surface area contributed by atoms with E-state index in [-0.39, 0.29) is 49.9 Å². The molecule has 0 unspecified atom stereocenters. The molecule has 4 N–H and O–H groups in total. The van der Waals surface area contributed by atoms with Crippen LogP contribution in [0.5, 0.6) is 11.5 Å². The number of nitrogens with zero attached hydrogens (tertiary/aromatic N) is 2. The van der Waals surface area contributed by atoms with Crippen LogP contribution in [0, 0.1) is 0 Å². The molecular weight excluding hydrogens is 469 g/mol. The summed E-state index contributed by atoms with van der Waals surface area (Å²) in [5, 5.41) is 29.0. The number of rotatable bonds is 3. The summed E-state index contributed by atoms with van der Waals surface area (Å²) in [6.45, 7) is 0.408. The lowest BCUT2D eigenvalue weighted by Gasteiger charge is -2.26.